The molecule has 3 rings (SSSR count). The fourth-order valence-electron chi connectivity index (χ4n) is 2.93. The molecule has 1 aromatic carbocycles. The lowest BCUT2D eigenvalue weighted by atomic mass is 9.88. The van der Waals surface area contributed by atoms with E-state index >= 15 is 0 Å². The average molecular weight is 484 g/mol. The summed E-state index contributed by atoms with van der Waals surface area (Å²) >= 11 is 5.85. The molecule has 0 fully saturated rings. The molecule has 0 unspecified atom stereocenters. The Morgan fingerprint density at radius 1 is 1.48 bits per heavy atom. The number of halogens is 2. The van der Waals surface area contributed by atoms with Crippen molar-refractivity contribution < 1.29 is 4.74 Å². The number of methoxy groups -OCH3 is 1. The summed E-state index contributed by atoms with van der Waals surface area (Å²) < 4.78 is 7.31. The van der Waals surface area contributed by atoms with Gasteiger partial charge in [-0.3, -0.25) is 0 Å². The summed E-state index contributed by atoms with van der Waals surface area (Å²) in [5, 5.41) is 12.7. The topological polar surface area (TPSA) is 57.9 Å². The van der Waals surface area contributed by atoms with E-state index in [4.69, 9.17) is 10.00 Å². The molecule has 1 aliphatic carbocycles. The highest BCUT2D eigenvalue weighted by atomic mass is 127. The second-order valence-electron chi connectivity index (χ2n) is 5.38. The standard InChI is InChI=1S/C17H15BrIN3O/c1-23-17-10(9-20)8-14(19)16(22-17)21-15-7-3-4-11-12(15)5-2-6-13(11)18/h2,5-6,8,15H,3-4,7H2,1H3,(H,21,22)/t15-/m0/s1. The summed E-state index contributed by atoms with van der Waals surface area (Å²) in [7, 11) is 1.53. The number of hydrogen-bond acceptors (Lipinski definition) is 4. The summed E-state index contributed by atoms with van der Waals surface area (Å²) in [4.78, 5) is 4.48. The number of aromatic nitrogens is 1. The Balaban J connectivity index is 1.95. The molecule has 118 valence electrons. The van der Waals surface area contributed by atoms with Crippen LogP contribution in [0.25, 0.3) is 0 Å². The minimum Gasteiger partial charge on any atom is -0.480 e. The van der Waals surface area contributed by atoms with Crippen LogP contribution in [0.1, 0.15) is 35.6 Å². The fourth-order valence-corrected chi connectivity index (χ4v) is 4.10. The molecule has 1 heterocycles. The predicted molar refractivity (Wildman–Crippen MR) is 102 cm³/mol. The Kier molecular flexibility index (Phi) is 5.07. The van der Waals surface area contributed by atoms with E-state index in [-0.39, 0.29) is 6.04 Å². The van der Waals surface area contributed by atoms with Crippen molar-refractivity contribution in [2.24, 2.45) is 0 Å². The third kappa shape index (κ3) is 3.31. The van der Waals surface area contributed by atoms with Crippen molar-refractivity contribution in [3.63, 3.8) is 0 Å². The minimum absolute atomic E-state index is 0.218. The van der Waals surface area contributed by atoms with Gasteiger partial charge in [0, 0.05) is 4.47 Å². The zero-order valence-corrected chi connectivity index (χ0v) is 16.3. The Morgan fingerprint density at radius 2 is 2.30 bits per heavy atom. The van der Waals surface area contributed by atoms with Gasteiger partial charge < -0.3 is 10.1 Å². The van der Waals surface area contributed by atoms with Crippen molar-refractivity contribution in [3.8, 4) is 11.9 Å². The molecular formula is C17H15BrIN3O. The van der Waals surface area contributed by atoms with Crippen LogP contribution >= 0.6 is 38.5 Å². The number of nitriles is 1. The highest BCUT2D eigenvalue weighted by Gasteiger charge is 2.23. The number of nitrogens with one attached hydrogen (secondary N) is 1. The maximum atomic E-state index is 9.15. The highest BCUT2D eigenvalue weighted by molar-refractivity contribution is 14.1. The smallest absolute Gasteiger partial charge is 0.233 e. The second-order valence-corrected chi connectivity index (χ2v) is 7.40. The van der Waals surface area contributed by atoms with Crippen LogP contribution in [0.15, 0.2) is 28.7 Å². The van der Waals surface area contributed by atoms with E-state index in [1.165, 1.54) is 22.7 Å². The van der Waals surface area contributed by atoms with Crippen LogP contribution in [0.2, 0.25) is 0 Å². The van der Waals surface area contributed by atoms with Crippen LogP contribution in [-0.4, -0.2) is 12.1 Å². The number of benzene rings is 1. The van der Waals surface area contributed by atoms with Gasteiger partial charge in [0.1, 0.15) is 17.5 Å². The quantitative estimate of drug-likeness (QED) is 0.636. The SMILES string of the molecule is COc1nc(N[C@H]2CCCc3c(Br)cccc32)c(I)cc1C#N. The number of anilines is 1. The number of fused-ring (bicyclic) bond motifs is 1. The molecule has 0 saturated heterocycles. The molecule has 23 heavy (non-hydrogen) atoms. The molecule has 4 nitrogen and oxygen atoms in total. The number of ether oxygens (including phenoxy) is 1. The molecule has 0 saturated carbocycles. The van der Waals surface area contributed by atoms with E-state index < -0.39 is 0 Å². The summed E-state index contributed by atoms with van der Waals surface area (Å²) in [5.41, 5.74) is 3.13. The molecule has 6 heteroatoms. The summed E-state index contributed by atoms with van der Waals surface area (Å²) in [6.07, 6.45) is 3.29. The van der Waals surface area contributed by atoms with Crippen molar-refractivity contribution in [2.45, 2.75) is 25.3 Å². The van der Waals surface area contributed by atoms with Gasteiger partial charge >= 0.3 is 0 Å². The van der Waals surface area contributed by atoms with Gasteiger partial charge in [0.15, 0.2) is 0 Å². The van der Waals surface area contributed by atoms with Gasteiger partial charge in [-0.05, 0) is 65.1 Å². The van der Waals surface area contributed by atoms with Crippen molar-refractivity contribution in [1.82, 2.24) is 4.98 Å². The lowest BCUT2D eigenvalue weighted by Gasteiger charge is -2.28. The molecule has 1 N–H and O–H groups in total. The van der Waals surface area contributed by atoms with Gasteiger partial charge in [0.2, 0.25) is 5.88 Å². The third-order valence-corrected chi connectivity index (χ3v) is 5.58. The van der Waals surface area contributed by atoms with Crippen LogP contribution in [0.5, 0.6) is 5.88 Å². The molecule has 1 aliphatic rings. The summed E-state index contributed by atoms with van der Waals surface area (Å²) in [6, 6.07) is 10.5. The largest absolute Gasteiger partial charge is 0.480 e. The maximum absolute atomic E-state index is 9.15. The van der Waals surface area contributed by atoms with E-state index in [2.05, 4.69) is 73.1 Å². The van der Waals surface area contributed by atoms with E-state index in [1.54, 1.807) is 6.07 Å². The first-order chi connectivity index (χ1) is 11.1. The number of pyridine rings is 1. The maximum Gasteiger partial charge on any atom is 0.233 e. The van der Waals surface area contributed by atoms with Crippen LogP contribution in [-0.2, 0) is 6.42 Å². The molecule has 0 radical (unpaired) electrons. The highest BCUT2D eigenvalue weighted by Crippen LogP contribution is 2.37. The van der Waals surface area contributed by atoms with E-state index in [0.717, 1.165) is 28.7 Å². The van der Waals surface area contributed by atoms with E-state index in [0.29, 0.717) is 11.4 Å². The van der Waals surface area contributed by atoms with Crippen molar-refractivity contribution in [1.29, 1.82) is 5.26 Å². The van der Waals surface area contributed by atoms with E-state index in [1.807, 2.05) is 0 Å². The van der Waals surface area contributed by atoms with Crippen molar-refractivity contribution in [3.05, 3.63) is 49.0 Å². The first-order valence-electron chi connectivity index (χ1n) is 7.32. The predicted octanol–water partition coefficient (Wildman–Crippen LogP) is 4.82. The van der Waals surface area contributed by atoms with Crippen LogP contribution in [0, 0.1) is 14.9 Å². The summed E-state index contributed by atoms with van der Waals surface area (Å²) in [5.74, 6) is 1.12. The van der Waals surface area contributed by atoms with Crippen LogP contribution in [0.3, 0.4) is 0 Å². The first-order valence-corrected chi connectivity index (χ1v) is 9.19. The number of rotatable bonds is 3. The molecule has 0 spiro atoms. The zero-order chi connectivity index (χ0) is 16.4. The van der Waals surface area contributed by atoms with Crippen LogP contribution < -0.4 is 10.1 Å². The Hall–Kier alpha value is -1.33. The lowest BCUT2D eigenvalue weighted by molar-refractivity contribution is 0.396. The molecule has 0 amide bonds. The molecule has 0 bridgehead atoms. The Bertz CT molecular complexity index is 788. The molecule has 2 aromatic rings. The second kappa shape index (κ2) is 7.05. The number of hydrogen-bond donors (Lipinski definition) is 1. The van der Waals surface area contributed by atoms with Gasteiger partial charge in [-0.25, -0.2) is 0 Å². The fraction of sp³-hybridized carbons (Fsp3) is 0.294. The van der Waals surface area contributed by atoms with Gasteiger partial charge in [0.05, 0.1) is 16.7 Å². The molecular weight excluding hydrogens is 469 g/mol. The zero-order valence-electron chi connectivity index (χ0n) is 12.6. The average Bonchev–Trinajstić information content (AvgIpc) is 2.57. The van der Waals surface area contributed by atoms with Gasteiger partial charge in [-0.1, -0.05) is 28.1 Å². The minimum atomic E-state index is 0.218. The van der Waals surface area contributed by atoms with Gasteiger partial charge in [-0.2, -0.15) is 10.2 Å². The molecule has 1 aromatic heterocycles. The Labute approximate surface area is 157 Å². The first kappa shape index (κ1) is 16.5. The van der Waals surface area contributed by atoms with E-state index in [9.17, 15) is 0 Å². The summed E-state index contributed by atoms with van der Waals surface area (Å²) in [6.45, 7) is 0. The molecule has 0 aliphatic heterocycles. The van der Waals surface area contributed by atoms with Crippen molar-refractivity contribution in [2.75, 3.05) is 12.4 Å². The lowest BCUT2D eigenvalue weighted by Crippen LogP contribution is -2.19. The third-order valence-electron chi connectivity index (χ3n) is 4.02. The van der Waals surface area contributed by atoms with Crippen molar-refractivity contribution >= 4 is 44.3 Å². The Morgan fingerprint density at radius 3 is 3.04 bits per heavy atom. The monoisotopic (exact) mass is 483 g/mol. The van der Waals surface area contributed by atoms with Crippen LogP contribution in [0.4, 0.5) is 5.82 Å². The molecule has 1 atom stereocenters. The normalized spacial score (nSPS) is 16.3. The van der Waals surface area contributed by atoms with Gasteiger partial charge in [-0.15, -0.1) is 0 Å². The van der Waals surface area contributed by atoms with Gasteiger partial charge in [0.25, 0.3) is 0 Å². The number of nitrogens with zero attached hydrogens (tertiary/aromatic N) is 2.